The first-order chi connectivity index (χ1) is 22.1. The number of hydrogen-bond donors (Lipinski definition) is 4. The summed E-state index contributed by atoms with van der Waals surface area (Å²) >= 11 is 0. The van der Waals surface area contributed by atoms with E-state index in [2.05, 4.69) is 29.2 Å². The summed E-state index contributed by atoms with van der Waals surface area (Å²) in [5, 5.41) is 16.0. The normalized spacial score (nSPS) is 29.0. The largest absolute Gasteiger partial charge is 0.479 e. The van der Waals surface area contributed by atoms with Gasteiger partial charge >= 0.3 is 23.3 Å². The van der Waals surface area contributed by atoms with Gasteiger partial charge in [0.15, 0.2) is 44.1 Å². The number of rotatable bonds is 5. The zero-order chi connectivity index (χ0) is 37.4. The van der Waals surface area contributed by atoms with Crippen molar-refractivity contribution >= 4 is 25.9 Å². The molecule has 0 aliphatic carbocycles. The van der Waals surface area contributed by atoms with Crippen molar-refractivity contribution < 1.29 is 47.6 Å². The van der Waals surface area contributed by atoms with E-state index in [0.717, 1.165) is 40.8 Å². The Balaban J connectivity index is 0.000000386. The summed E-state index contributed by atoms with van der Waals surface area (Å²) in [4.78, 5) is 74.8. The molecule has 0 radical (unpaired) electrons. The molecular weight excluding hydrogens is 662 g/mol. The summed E-state index contributed by atoms with van der Waals surface area (Å²) in [7, 11) is 0.975. The minimum Gasteiger partial charge on any atom is -0.479 e. The van der Waals surface area contributed by atoms with Gasteiger partial charge in [0, 0.05) is 43.5 Å². The van der Waals surface area contributed by atoms with E-state index < -0.39 is 90.3 Å². The van der Waals surface area contributed by atoms with E-state index in [1.165, 1.54) is 34.8 Å². The number of aromatic nitrogens is 4. The minimum atomic E-state index is -2.05. The fraction of sp³-hybridized carbons (Fsp3) is 0.607. The predicted octanol–water partition coefficient (Wildman–Crippen LogP) is 0.627. The van der Waals surface area contributed by atoms with Gasteiger partial charge in [-0.05, 0) is 13.8 Å². The van der Waals surface area contributed by atoms with Gasteiger partial charge in [0.1, 0.15) is 0 Å². The standard InChI is InChI=1S/C12H15FN2O5.C11H13FN2O5.C4H10N2Si.CH4O/c1-6-8(9(17)19-3)20-10(12(6,2)13)15-5-4-7(16)14-11(15)18;1-5-7(8(16)17)19-9(11(5,2)12)14-4-3-6(15)13-10(14)18;1-7(2,3)4-6-5;1-2/h4-6,8,10H,1-3H3,(H,14,16,18);3-5,7,9H,1-2H3,(H,16,17)(H,13,15,18);4H,1-3H3;2H,1H3/t6-,8+,10-,12-;5-,7+,9-,11-;;/m11../s1. The number of ether oxygens (including phenoxy) is 3. The van der Waals surface area contributed by atoms with Crippen LogP contribution in [-0.2, 0) is 23.8 Å². The number of methoxy groups -OCH3 is 1. The molecule has 2 aliphatic heterocycles. The highest BCUT2D eigenvalue weighted by Crippen LogP contribution is 2.45. The molecule has 0 amide bonds. The van der Waals surface area contributed by atoms with Gasteiger partial charge in [-0.1, -0.05) is 33.5 Å². The number of aliphatic hydroxyl groups excluding tert-OH is 1. The SMILES string of the molecule is CO.COC(=O)[C@H]1O[C@@H](n2ccc(=O)[nH]c2=O)[C@](C)(F)[C@@H]1C.C[C@@H]1[C@@H](C(=O)O)O[C@@H](n2ccc(=O)[nH]c2=O)[C@]1(C)F.C[Si](C)(C)C=[N+]=[N-]. The Morgan fingerprint density at radius 3 is 1.56 bits per heavy atom. The summed E-state index contributed by atoms with van der Waals surface area (Å²) in [6.07, 6.45) is -2.95. The topological polar surface area (TPSA) is 248 Å². The number of hydrogen-bond acceptors (Lipinski definition) is 10. The lowest BCUT2D eigenvalue weighted by Gasteiger charge is -2.25. The van der Waals surface area contributed by atoms with Crippen molar-refractivity contribution in [1.29, 1.82) is 0 Å². The Labute approximate surface area is 273 Å². The number of carboxylic acid groups (broad SMARTS) is 1. The number of esters is 1. The molecule has 0 aromatic carbocycles. The zero-order valence-corrected chi connectivity index (χ0v) is 29.0. The first-order valence-corrected chi connectivity index (χ1v) is 17.9. The number of alkyl halides is 2. The molecule has 2 saturated heterocycles. The molecule has 0 unspecified atom stereocenters. The summed E-state index contributed by atoms with van der Waals surface area (Å²) in [6, 6.07) is 2.12. The van der Waals surface area contributed by atoms with Crippen molar-refractivity contribution in [2.75, 3.05) is 14.2 Å². The van der Waals surface area contributed by atoms with Gasteiger partial charge < -0.3 is 30.0 Å². The molecule has 2 fully saturated rings. The van der Waals surface area contributed by atoms with E-state index in [4.69, 9.17) is 25.2 Å². The van der Waals surface area contributed by atoms with E-state index in [9.17, 15) is 37.5 Å². The average molecular weight is 705 g/mol. The van der Waals surface area contributed by atoms with Gasteiger partial charge in [0.2, 0.25) is 5.84 Å². The number of aromatic amines is 2. The molecule has 48 heavy (non-hydrogen) atoms. The second-order valence-electron chi connectivity index (χ2n) is 12.2. The minimum absolute atomic E-state index is 0.595. The first-order valence-electron chi connectivity index (χ1n) is 14.4. The van der Waals surface area contributed by atoms with Crippen molar-refractivity contribution in [3.8, 4) is 0 Å². The summed E-state index contributed by atoms with van der Waals surface area (Å²) in [5.74, 6) is -2.11. The Morgan fingerprint density at radius 1 is 0.917 bits per heavy atom. The van der Waals surface area contributed by atoms with Crippen LogP contribution in [0.15, 0.2) is 43.7 Å². The maximum absolute atomic E-state index is 14.8. The number of aliphatic carboxylic acids is 1. The monoisotopic (exact) mass is 704 g/mol. The van der Waals surface area contributed by atoms with E-state index in [-0.39, 0.29) is 0 Å². The quantitative estimate of drug-likeness (QED) is 0.110. The number of carboxylic acids is 1. The summed E-state index contributed by atoms with van der Waals surface area (Å²) < 4.78 is 46.2. The number of carbonyl (C=O) groups excluding carboxylic acids is 1. The van der Waals surface area contributed by atoms with Gasteiger partial charge in [-0.15, -0.1) is 0 Å². The van der Waals surface area contributed by atoms with Crippen molar-refractivity contribution in [3.05, 3.63) is 71.7 Å². The van der Waals surface area contributed by atoms with Gasteiger partial charge in [-0.3, -0.25) is 28.7 Å². The van der Waals surface area contributed by atoms with Crippen LogP contribution < -0.4 is 22.5 Å². The lowest BCUT2D eigenvalue weighted by molar-refractivity contribution is -0.157. The van der Waals surface area contributed by atoms with Gasteiger partial charge in [-0.25, -0.2) is 28.0 Å². The lowest BCUT2D eigenvalue weighted by atomic mass is 9.89. The molecule has 20 heteroatoms. The van der Waals surface area contributed by atoms with E-state index in [1.54, 1.807) is 5.84 Å². The van der Waals surface area contributed by atoms with E-state index >= 15 is 0 Å². The van der Waals surface area contributed by atoms with Crippen LogP contribution in [0, 0.1) is 11.8 Å². The molecule has 4 N–H and O–H groups in total. The van der Waals surface area contributed by atoms with Crippen LogP contribution in [0.25, 0.3) is 5.53 Å². The molecule has 2 aromatic rings. The van der Waals surface area contributed by atoms with Crippen LogP contribution in [0.1, 0.15) is 40.2 Å². The smallest absolute Gasteiger partial charge is 0.335 e. The van der Waals surface area contributed by atoms with Crippen LogP contribution in [0.2, 0.25) is 19.6 Å². The third-order valence-electron chi connectivity index (χ3n) is 7.54. The summed E-state index contributed by atoms with van der Waals surface area (Å²) in [6.45, 7) is 11.6. The molecule has 2 aromatic heterocycles. The highest BCUT2D eigenvalue weighted by molar-refractivity contribution is 6.98. The Kier molecular flexibility index (Phi) is 14.4. The van der Waals surface area contributed by atoms with Crippen molar-refractivity contribution in [2.24, 2.45) is 11.8 Å². The van der Waals surface area contributed by atoms with Crippen molar-refractivity contribution in [1.82, 2.24) is 19.1 Å². The Morgan fingerprint density at radius 2 is 1.29 bits per heavy atom. The molecule has 2 aliphatic rings. The van der Waals surface area contributed by atoms with Crippen LogP contribution in [0.3, 0.4) is 0 Å². The number of carbonyl (C=O) groups is 2. The van der Waals surface area contributed by atoms with Crippen molar-refractivity contribution in [3.63, 3.8) is 0 Å². The fourth-order valence-corrected chi connectivity index (χ4v) is 4.89. The number of nitrogens with zero attached hydrogens (tertiary/aromatic N) is 4. The molecule has 4 rings (SSSR count). The lowest BCUT2D eigenvalue weighted by Crippen LogP contribution is -2.40. The average Bonchev–Trinajstić information content (AvgIpc) is 3.37. The van der Waals surface area contributed by atoms with Gasteiger partial charge in [-0.2, -0.15) is 4.79 Å². The second-order valence-corrected chi connectivity index (χ2v) is 17.2. The molecule has 17 nitrogen and oxygen atoms in total. The van der Waals surface area contributed by atoms with E-state index in [0.29, 0.717) is 0 Å². The van der Waals surface area contributed by atoms with Crippen LogP contribution in [0.5, 0.6) is 0 Å². The van der Waals surface area contributed by atoms with Crippen LogP contribution >= 0.6 is 0 Å². The third kappa shape index (κ3) is 9.83. The zero-order valence-electron chi connectivity index (χ0n) is 28.0. The fourth-order valence-electron chi connectivity index (χ4n) is 4.54. The number of H-pyrrole nitrogens is 2. The number of nitrogens with one attached hydrogen (secondary N) is 2. The Bertz CT molecular complexity index is 1710. The first kappa shape index (κ1) is 41.7. The highest BCUT2D eigenvalue weighted by Gasteiger charge is 2.57. The van der Waals surface area contributed by atoms with Gasteiger partial charge in [0.25, 0.3) is 11.1 Å². The maximum Gasteiger partial charge on any atom is 0.335 e. The molecule has 0 saturated carbocycles. The van der Waals surface area contributed by atoms with Crippen LogP contribution in [-0.4, -0.2) is 97.7 Å². The molecule has 268 valence electrons. The van der Waals surface area contributed by atoms with E-state index in [1.807, 2.05) is 9.97 Å². The maximum atomic E-state index is 14.8. The second kappa shape index (κ2) is 16.6. The molecular formula is C28H42F2N6O11Si. The molecule has 8 atom stereocenters. The number of aliphatic hydroxyl groups is 1. The highest BCUT2D eigenvalue weighted by atomic mass is 28.3. The molecule has 0 bridgehead atoms. The summed E-state index contributed by atoms with van der Waals surface area (Å²) in [5.41, 5.74) is 1.12. The third-order valence-corrected chi connectivity index (χ3v) is 8.43. The molecule has 4 heterocycles. The molecule has 0 spiro atoms. The van der Waals surface area contributed by atoms with Crippen LogP contribution in [0.4, 0.5) is 8.78 Å². The number of halogens is 2. The van der Waals surface area contributed by atoms with Gasteiger partial charge in [0.05, 0.1) is 7.11 Å². The Hall–Kier alpha value is -4.36. The predicted molar refractivity (Wildman–Crippen MR) is 169 cm³/mol. The van der Waals surface area contributed by atoms with Crippen molar-refractivity contribution in [2.45, 2.75) is 83.3 Å².